The number of benzene rings is 1. The summed E-state index contributed by atoms with van der Waals surface area (Å²) in [6.45, 7) is 1.91. The van der Waals surface area contributed by atoms with Crippen LogP contribution in [-0.2, 0) is 5.54 Å². The van der Waals surface area contributed by atoms with Crippen molar-refractivity contribution in [1.29, 1.82) is 0 Å². The van der Waals surface area contributed by atoms with Crippen molar-refractivity contribution in [2.75, 3.05) is 7.11 Å². The molecule has 1 aromatic rings. The summed E-state index contributed by atoms with van der Waals surface area (Å²) in [6.07, 6.45) is 1.72. The van der Waals surface area contributed by atoms with Gasteiger partial charge in [-0.2, -0.15) is 0 Å². The Labute approximate surface area is 82.9 Å². The number of aryl methyl sites for hydroxylation is 1. The van der Waals surface area contributed by atoms with Gasteiger partial charge >= 0.3 is 0 Å². The van der Waals surface area contributed by atoms with Crippen molar-refractivity contribution in [2.24, 2.45) is 5.73 Å². The molecule has 1 fully saturated rings. The molecule has 1 saturated carbocycles. The second kappa shape index (κ2) is 2.95. The lowest BCUT2D eigenvalue weighted by Gasteiger charge is -2.14. The fraction of sp³-hybridized carbons (Fsp3) is 0.455. The number of ether oxygens (including phenoxy) is 1. The van der Waals surface area contributed by atoms with Crippen molar-refractivity contribution in [3.63, 3.8) is 0 Å². The highest BCUT2D eigenvalue weighted by Crippen LogP contribution is 2.45. The van der Waals surface area contributed by atoms with Gasteiger partial charge in [0.15, 0.2) is 11.6 Å². The molecular weight excluding hydrogens is 181 g/mol. The van der Waals surface area contributed by atoms with Gasteiger partial charge in [-0.15, -0.1) is 0 Å². The van der Waals surface area contributed by atoms with E-state index in [0.717, 1.165) is 18.4 Å². The summed E-state index contributed by atoms with van der Waals surface area (Å²) >= 11 is 0. The summed E-state index contributed by atoms with van der Waals surface area (Å²) in [5.41, 5.74) is 7.10. The molecule has 0 heterocycles. The predicted octanol–water partition coefficient (Wildman–Crippen LogP) is 2.09. The highest BCUT2D eigenvalue weighted by molar-refractivity contribution is 5.41. The lowest BCUT2D eigenvalue weighted by molar-refractivity contribution is 0.381. The Bertz CT molecular complexity index is 372. The lowest BCUT2D eigenvalue weighted by atomic mass is 10.0. The summed E-state index contributed by atoms with van der Waals surface area (Å²) < 4.78 is 18.7. The monoisotopic (exact) mass is 195 g/mol. The van der Waals surface area contributed by atoms with Gasteiger partial charge in [-0.3, -0.25) is 0 Å². The van der Waals surface area contributed by atoms with Gasteiger partial charge in [-0.1, -0.05) is 6.07 Å². The van der Waals surface area contributed by atoms with Crippen LogP contribution in [0.1, 0.15) is 24.0 Å². The molecule has 0 atom stereocenters. The van der Waals surface area contributed by atoms with E-state index in [2.05, 4.69) is 0 Å². The third-order valence-corrected chi connectivity index (χ3v) is 2.73. The molecule has 0 radical (unpaired) electrons. The van der Waals surface area contributed by atoms with Crippen LogP contribution in [0, 0.1) is 12.7 Å². The second-order valence-corrected chi connectivity index (χ2v) is 3.98. The molecule has 14 heavy (non-hydrogen) atoms. The Morgan fingerprint density at radius 3 is 2.57 bits per heavy atom. The van der Waals surface area contributed by atoms with E-state index in [1.54, 1.807) is 6.07 Å². The van der Waals surface area contributed by atoms with E-state index in [4.69, 9.17) is 10.5 Å². The smallest absolute Gasteiger partial charge is 0.170 e. The Hall–Kier alpha value is -1.09. The Balaban J connectivity index is 2.54. The van der Waals surface area contributed by atoms with Crippen LogP contribution in [-0.4, -0.2) is 7.11 Å². The Morgan fingerprint density at radius 1 is 1.43 bits per heavy atom. The molecular formula is C11H14FNO. The maximum absolute atomic E-state index is 13.8. The summed E-state index contributed by atoms with van der Waals surface area (Å²) in [6, 6.07) is 3.50. The molecule has 0 unspecified atom stereocenters. The average Bonchev–Trinajstić information content (AvgIpc) is 2.88. The van der Waals surface area contributed by atoms with E-state index in [-0.39, 0.29) is 11.6 Å². The molecule has 2 nitrogen and oxygen atoms in total. The highest BCUT2D eigenvalue weighted by Gasteiger charge is 2.42. The molecule has 2 rings (SSSR count). The van der Waals surface area contributed by atoms with Crippen LogP contribution in [0.25, 0.3) is 0 Å². The van der Waals surface area contributed by atoms with Crippen LogP contribution in [0.15, 0.2) is 12.1 Å². The molecule has 1 aliphatic carbocycles. The third-order valence-electron chi connectivity index (χ3n) is 2.73. The van der Waals surface area contributed by atoms with Gasteiger partial charge in [0.2, 0.25) is 0 Å². The van der Waals surface area contributed by atoms with Gasteiger partial charge in [0, 0.05) is 11.1 Å². The minimum absolute atomic E-state index is 0.289. The molecule has 2 N–H and O–H groups in total. The van der Waals surface area contributed by atoms with Crippen molar-refractivity contribution in [2.45, 2.75) is 25.3 Å². The van der Waals surface area contributed by atoms with E-state index in [1.165, 1.54) is 7.11 Å². The quantitative estimate of drug-likeness (QED) is 0.784. The molecule has 0 bridgehead atoms. The maximum atomic E-state index is 13.8. The highest BCUT2D eigenvalue weighted by atomic mass is 19.1. The second-order valence-electron chi connectivity index (χ2n) is 3.98. The van der Waals surface area contributed by atoms with Gasteiger partial charge in [-0.25, -0.2) is 4.39 Å². The molecule has 76 valence electrons. The number of rotatable bonds is 2. The molecule has 0 aromatic heterocycles. The first-order chi connectivity index (χ1) is 6.57. The lowest BCUT2D eigenvalue weighted by Crippen LogP contribution is -2.20. The average molecular weight is 195 g/mol. The largest absolute Gasteiger partial charge is 0.494 e. The first-order valence-corrected chi connectivity index (χ1v) is 4.70. The number of methoxy groups -OCH3 is 1. The molecule has 3 heteroatoms. The third kappa shape index (κ3) is 1.38. The SMILES string of the molecule is COc1cc(C)cc(C2(N)CC2)c1F. The van der Waals surface area contributed by atoms with E-state index in [9.17, 15) is 4.39 Å². The van der Waals surface area contributed by atoms with Crippen LogP contribution >= 0.6 is 0 Å². The first-order valence-electron chi connectivity index (χ1n) is 4.70. The van der Waals surface area contributed by atoms with Crippen LogP contribution in [0.5, 0.6) is 5.75 Å². The Morgan fingerprint density at radius 2 is 2.07 bits per heavy atom. The van der Waals surface area contributed by atoms with Crippen molar-refractivity contribution < 1.29 is 9.13 Å². The summed E-state index contributed by atoms with van der Waals surface area (Å²) in [4.78, 5) is 0. The van der Waals surface area contributed by atoms with Crippen LogP contribution in [0.2, 0.25) is 0 Å². The van der Waals surface area contributed by atoms with Gasteiger partial charge in [0.1, 0.15) is 0 Å². The fourth-order valence-electron chi connectivity index (χ4n) is 1.65. The normalized spacial score (nSPS) is 18.0. The Kier molecular flexibility index (Phi) is 2.00. The minimum Gasteiger partial charge on any atom is -0.494 e. The zero-order valence-corrected chi connectivity index (χ0v) is 8.43. The zero-order chi connectivity index (χ0) is 10.3. The molecule has 0 spiro atoms. The molecule has 1 aromatic carbocycles. The van der Waals surface area contributed by atoms with Gasteiger partial charge in [0.05, 0.1) is 7.11 Å². The van der Waals surface area contributed by atoms with Crippen LogP contribution < -0.4 is 10.5 Å². The van der Waals surface area contributed by atoms with Crippen molar-refractivity contribution in [3.8, 4) is 5.75 Å². The van der Waals surface area contributed by atoms with Gasteiger partial charge in [0.25, 0.3) is 0 Å². The van der Waals surface area contributed by atoms with Crippen molar-refractivity contribution >= 4 is 0 Å². The molecule has 0 amide bonds. The molecule has 1 aliphatic rings. The summed E-state index contributed by atoms with van der Waals surface area (Å²) in [5.74, 6) is -0.0187. The topological polar surface area (TPSA) is 35.2 Å². The fourth-order valence-corrected chi connectivity index (χ4v) is 1.65. The van der Waals surface area contributed by atoms with Gasteiger partial charge in [-0.05, 0) is 31.4 Å². The summed E-state index contributed by atoms with van der Waals surface area (Å²) in [7, 11) is 1.47. The van der Waals surface area contributed by atoms with Crippen LogP contribution in [0.3, 0.4) is 0 Å². The van der Waals surface area contributed by atoms with Crippen LogP contribution in [0.4, 0.5) is 4.39 Å². The standard InChI is InChI=1S/C11H14FNO/c1-7-5-8(11(13)3-4-11)10(12)9(6-7)14-2/h5-6H,3-4,13H2,1-2H3. The zero-order valence-electron chi connectivity index (χ0n) is 8.43. The number of hydrogen-bond acceptors (Lipinski definition) is 2. The predicted molar refractivity (Wildman–Crippen MR) is 52.8 cm³/mol. The minimum atomic E-state index is -0.441. The molecule has 0 aliphatic heterocycles. The summed E-state index contributed by atoms with van der Waals surface area (Å²) in [5, 5.41) is 0. The van der Waals surface area contributed by atoms with E-state index < -0.39 is 5.54 Å². The maximum Gasteiger partial charge on any atom is 0.170 e. The van der Waals surface area contributed by atoms with Gasteiger partial charge < -0.3 is 10.5 Å². The van der Waals surface area contributed by atoms with E-state index >= 15 is 0 Å². The number of nitrogens with two attached hydrogens (primary N) is 1. The first kappa shape index (κ1) is 9.46. The number of halogens is 1. The number of hydrogen-bond donors (Lipinski definition) is 1. The van der Waals surface area contributed by atoms with Crippen molar-refractivity contribution in [3.05, 3.63) is 29.1 Å². The van der Waals surface area contributed by atoms with Crippen molar-refractivity contribution in [1.82, 2.24) is 0 Å². The van der Waals surface area contributed by atoms with E-state index in [0.29, 0.717) is 5.56 Å². The van der Waals surface area contributed by atoms with E-state index in [1.807, 2.05) is 13.0 Å². The molecule has 0 saturated heterocycles.